The van der Waals surface area contributed by atoms with Gasteiger partial charge in [-0.3, -0.25) is 0 Å². The van der Waals surface area contributed by atoms with Crippen molar-refractivity contribution in [2.45, 2.75) is 41.5 Å². The molecule has 0 aliphatic heterocycles. The zero-order chi connectivity index (χ0) is 10.9. The molecule has 0 aliphatic rings. The van der Waals surface area contributed by atoms with Crippen LogP contribution in [0.5, 0.6) is 0 Å². The minimum atomic E-state index is 0.273. The second-order valence-corrected chi connectivity index (χ2v) is 6.38. The third-order valence-corrected chi connectivity index (χ3v) is 3.51. The Hall–Kier alpha value is -0.560. The summed E-state index contributed by atoms with van der Waals surface area (Å²) in [5.74, 6) is 0. The molecule has 0 spiro atoms. The Morgan fingerprint density at radius 3 is 1.93 bits per heavy atom. The van der Waals surface area contributed by atoms with E-state index in [9.17, 15) is 0 Å². The van der Waals surface area contributed by atoms with Crippen molar-refractivity contribution in [3.63, 3.8) is 0 Å². The summed E-state index contributed by atoms with van der Waals surface area (Å²) in [5, 5.41) is 0. The number of aryl methyl sites for hydroxylation is 2. The first kappa shape index (κ1) is 11.5. The minimum absolute atomic E-state index is 0.273. The second-order valence-electron chi connectivity index (χ2n) is 4.95. The monoisotopic (exact) mass is 208 g/mol. The van der Waals surface area contributed by atoms with Gasteiger partial charge < -0.3 is 0 Å². The van der Waals surface area contributed by atoms with Gasteiger partial charge in [0.05, 0.1) is 0 Å². The highest BCUT2D eigenvalue weighted by Crippen LogP contribution is 2.29. The van der Waals surface area contributed by atoms with Crippen molar-refractivity contribution in [3.8, 4) is 0 Å². The van der Waals surface area contributed by atoms with E-state index in [2.05, 4.69) is 53.7 Å². The summed E-state index contributed by atoms with van der Waals surface area (Å²) >= 11 is 1.90. The van der Waals surface area contributed by atoms with Crippen molar-refractivity contribution in [1.29, 1.82) is 0 Å². The lowest BCUT2D eigenvalue weighted by Gasteiger charge is -2.11. The second kappa shape index (κ2) is 3.90. The summed E-state index contributed by atoms with van der Waals surface area (Å²) in [4.78, 5) is 2.87. The normalized spacial score (nSPS) is 12.7. The van der Waals surface area contributed by atoms with Crippen LogP contribution in [-0.2, 0) is 0 Å². The van der Waals surface area contributed by atoms with Gasteiger partial charge in [-0.25, -0.2) is 0 Å². The molecular weight excluding hydrogens is 188 g/mol. The van der Waals surface area contributed by atoms with Gasteiger partial charge in [0.25, 0.3) is 0 Å². The maximum Gasteiger partial charge on any atom is 0.00920 e. The molecule has 0 N–H and O–H groups in total. The van der Waals surface area contributed by atoms with Gasteiger partial charge in [0.15, 0.2) is 0 Å². The van der Waals surface area contributed by atoms with E-state index in [0.717, 1.165) is 0 Å². The van der Waals surface area contributed by atoms with Crippen molar-refractivity contribution < 1.29 is 0 Å². The topological polar surface area (TPSA) is 0 Å². The molecule has 0 aromatic carbocycles. The predicted octanol–water partition coefficient (Wildman–Crippen LogP) is 4.73. The van der Waals surface area contributed by atoms with E-state index in [1.165, 1.54) is 20.9 Å². The molecule has 0 unspecified atom stereocenters. The molecular formula is C13H20S. The quantitative estimate of drug-likeness (QED) is 0.625. The molecule has 0 nitrogen and oxygen atoms in total. The van der Waals surface area contributed by atoms with Gasteiger partial charge in [-0.15, -0.1) is 11.3 Å². The summed E-state index contributed by atoms with van der Waals surface area (Å²) < 4.78 is 0. The van der Waals surface area contributed by atoms with Gasteiger partial charge in [-0.05, 0) is 37.3 Å². The van der Waals surface area contributed by atoms with Crippen LogP contribution in [0.15, 0.2) is 6.08 Å². The molecule has 1 heterocycles. The number of rotatable bonds is 1. The van der Waals surface area contributed by atoms with Gasteiger partial charge >= 0.3 is 0 Å². The highest BCUT2D eigenvalue weighted by Gasteiger charge is 2.08. The fourth-order valence-electron chi connectivity index (χ4n) is 1.39. The Balaban J connectivity index is 3.03. The van der Waals surface area contributed by atoms with Gasteiger partial charge in [-0.2, -0.15) is 0 Å². The van der Waals surface area contributed by atoms with Gasteiger partial charge in [0.1, 0.15) is 0 Å². The first-order valence-electron chi connectivity index (χ1n) is 5.07. The number of hydrogen-bond donors (Lipinski definition) is 0. The first-order chi connectivity index (χ1) is 6.31. The highest BCUT2D eigenvalue weighted by atomic mass is 32.1. The number of allylic oxidation sites excluding steroid dienone is 1. The molecule has 0 saturated heterocycles. The van der Waals surface area contributed by atoms with Gasteiger partial charge in [-0.1, -0.05) is 32.9 Å². The van der Waals surface area contributed by atoms with Crippen LogP contribution in [0, 0.1) is 26.2 Å². The summed E-state index contributed by atoms with van der Waals surface area (Å²) in [6.45, 7) is 13.3. The van der Waals surface area contributed by atoms with Gasteiger partial charge in [0.2, 0.25) is 0 Å². The predicted molar refractivity (Wildman–Crippen MR) is 67.0 cm³/mol. The molecule has 14 heavy (non-hydrogen) atoms. The molecule has 1 rings (SSSR count). The standard InChI is InChI=1S/C13H20S/c1-9-10(2)14-11(3)12(9)7-8-13(4,5)6/h7-8H,1-6H3/b8-7+. The van der Waals surface area contributed by atoms with E-state index >= 15 is 0 Å². The summed E-state index contributed by atoms with van der Waals surface area (Å²) in [5.41, 5.74) is 3.13. The fourth-order valence-corrected chi connectivity index (χ4v) is 2.44. The van der Waals surface area contributed by atoms with Gasteiger partial charge in [0, 0.05) is 9.75 Å². The van der Waals surface area contributed by atoms with Crippen LogP contribution < -0.4 is 0 Å². The lowest BCUT2D eigenvalue weighted by atomic mass is 9.95. The molecule has 0 radical (unpaired) electrons. The zero-order valence-corrected chi connectivity index (χ0v) is 10.9. The molecule has 0 bridgehead atoms. The molecule has 1 heteroatoms. The molecule has 1 aromatic heterocycles. The summed E-state index contributed by atoms with van der Waals surface area (Å²) in [6.07, 6.45) is 4.56. The maximum atomic E-state index is 2.29. The largest absolute Gasteiger partial charge is 0.145 e. The molecule has 0 atom stereocenters. The van der Waals surface area contributed by atoms with Crippen LogP contribution in [0.3, 0.4) is 0 Å². The average molecular weight is 208 g/mol. The van der Waals surface area contributed by atoms with E-state index in [4.69, 9.17) is 0 Å². The lowest BCUT2D eigenvalue weighted by Crippen LogP contribution is -1.98. The molecule has 0 amide bonds. The Morgan fingerprint density at radius 2 is 1.57 bits per heavy atom. The minimum Gasteiger partial charge on any atom is -0.145 e. The average Bonchev–Trinajstić information content (AvgIpc) is 2.23. The highest BCUT2D eigenvalue weighted by molar-refractivity contribution is 7.12. The van der Waals surface area contributed by atoms with Crippen LogP contribution in [0.4, 0.5) is 0 Å². The molecule has 78 valence electrons. The van der Waals surface area contributed by atoms with E-state index in [1.807, 2.05) is 11.3 Å². The molecule has 0 fully saturated rings. The van der Waals surface area contributed by atoms with Crippen molar-refractivity contribution in [2.24, 2.45) is 5.41 Å². The summed E-state index contributed by atoms with van der Waals surface area (Å²) in [7, 11) is 0. The smallest absolute Gasteiger partial charge is 0.00920 e. The van der Waals surface area contributed by atoms with E-state index < -0.39 is 0 Å². The fraction of sp³-hybridized carbons (Fsp3) is 0.538. The molecule has 0 saturated carbocycles. The maximum absolute atomic E-state index is 2.29. The third-order valence-electron chi connectivity index (χ3n) is 2.37. The molecule has 1 aromatic rings. The third kappa shape index (κ3) is 2.71. The van der Waals surface area contributed by atoms with Crippen LogP contribution in [-0.4, -0.2) is 0 Å². The Morgan fingerprint density at radius 1 is 1.00 bits per heavy atom. The van der Waals surface area contributed by atoms with Crippen LogP contribution >= 0.6 is 11.3 Å². The number of hydrogen-bond acceptors (Lipinski definition) is 1. The Bertz CT molecular complexity index is 348. The Kier molecular flexibility index (Phi) is 3.20. The lowest BCUT2D eigenvalue weighted by molar-refractivity contribution is 0.547. The Labute approximate surface area is 91.7 Å². The van der Waals surface area contributed by atoms with E-state index in [1.54, 1.807) is 0 Å². The van der Waals surface area contributed by atoms with Crippen LogP contribution in [0.1, 0.15) is 41.7 Å². The van der Waals surface area contributed by atoms with Crippen molar-refractivity contribution >= 4 is 17.4 Å². The SMILES string of the molecule is Cc1sc(C)c(/C=C/C(C)(C)C)c1C. The first-order valence-corrected chi connectivity index (χ1v) is 5.89. The van der Waals surface area contributed by atoms with Crippen molar-refractivity contribution in [1.82, 2.24) is 0 Å². The van der Waals surface area contributed by atoms with Crippen LogP contribution in [0.25, 0.3) is 6.08 Å². The van der Waals surface area contributed by atoms with E-state index in [0.29, 0.717) is 0 Å². The molecule has 0 aliphatic carbocycles. The van der Waals surface area contributed by atoms with Crippen molar-refractivity contribution in [3.05, 3.63) is 27.0 Å². The van der Waals surface area contributed by atoms with E-state index in [-0.39, 0.29) is 5.41 Å². The zero-order valence-electron chi connectivity index (χ0n) is 10.1. The van der Waals surface area contributed by atoms with Crippen molar-refractivity contribution in [2.75, 3.05) is 0 Å². The summed E-state index contributed by atoms with van der Waals surface area (Å²) in [6, 6.07) is 0. The van der Waals surface area contributed by atoms with Crippen LogP contribution in [0.2, 0.25) is 0 Å². The number of thiophene rings is 1.